The third-order valence-electron chi connectivity index (χ3n) is 4.99. The summed E-state index contributed by atoms with van der Waals surface area (Å²) in [5.41, 5.74) is 9.65. The number of aliphatic imine (C=N–C) groups is 1. The molecule has 0 saturated carbocycles. The number of aldehydes is 1. The predicted octanol–water partition coefficient (Wildman–Crippen LogP) is 5.54. The smallest absolute Gasteiger partial charge is 0.130 e. The Labute approximate surface area is 183 Å². The maximum atomic E-state index is 14.4. The molecule has 31 heavy (non-hydrogen) atoms. The van der Waals surface area contributed by atoms with Gasteiger partial charge in [0.1, 0.15) is 24.1 Å². The topological polar surface area (TPSA) is 73.3 Å². The fraction of sp³-hybridized carbons (Fsp3) is 0.320. The van der Waals surface area contributed by atoms with Crippen molar-refractivity contribution in [2.45, 2.75) is 52.1 Å². The van der Waals surface area contributed by atoms with Gasteiger partial charge in [-0.25, -0.2) is 14.4 Å². The van der Waals surface area contributed by atoms with E-state index in [9.17, 15) is 4.39 Å². The Balaban J connectivity index is 0.00000107. The molecule has 0 aliphatic rings. The number of hydrogen-bond donors (Lipinski definition) is 1. The van der Waals surface area contributed by atoms with Crippen molar-refractivity contribution < 1.29 is 9.18 Å². The lowest BCUT2D eigenvalue weighted by Crippen LogP contribution is -2.18. The van der Waals surface area contributed by atoms with Crippen molar-refractivity contribution in [2.24, 2.45) is 10.7 Å². The van der Waals surface area contributed by atoms with Crippen molar-refractivity contribution in [3.63, 3.8) is 0 Å². The van der Waals surface area contributed by atoms with Crippen LogP contribution in [0.15, 0.2) is 66.6 Å². The molecule has 0 saturated heterocycles. The number of hydrogen-bond acceptors (Lipinski definition) is 3. The van der Waals surface area contributed by atoms with Gasteiger partial charge in [-0.1, -0.05) is 26.0 Å². The number of rotatable bonds is 8. The number of amidine groups is 1. The Morgan fingerprint density at radius 3 is 2.55 bits per heavy atom. The summed E-state index contributed by atoms with van der Waals surface area (Å²) in [6.45, 7) is 8.72. The second kappa shape index (κ2) is 11.2. The Morgan fingerprint density at radius 1 is 1.26 bits per heavy atom. The molecule has 2 aromatic carbocycles. The van der Waals surface area contributed by atoms with Crippen LogP contribution in [0.1, 0.15) is 51.2 Å². The van der Waals surface area contributed by atoms with Crippen LogP contribution in [0.3, 0.4) is 0 Å². The average Bonchev–Trinajstić information content (AvgIpc) is 3.16. The molecule has 0 radical (unpaired) electrons. The summed E-state index contributed by atoms with van der Waals surface area (Å²) >= 11 is 0. The van der Waals surface area contributed by atoms with E-state index in [1.54, 1.807) is 13.3 Å². The van der Waals surface area contributed by atoms with Crippen LogP contribution in [-0.2, 0) is 11.2 Å². The van der Waals surface area contributed by atoms with Gasteiger partial charge in [-0.2, -0.15) is 0 Å². The van der Waals surface area contributed by atoms with E-state index in [1.807, 2.05) is 35.8 Å². The van der Waals surface area contributed by atoms with Crippen molar-refractivity contribution >= 4 is 23.2 Å². The van der Waals surface area contributed by atoms with E-state index >= 15 is 0 Å². The summed E-state index contributed by atoms with van der Waals surface area (Å²) in [7, 11) is 0. The first-order valence-corrected chi connectivity index (χ1v) is 10.4. The molecule has 0 aliphatic heterocycles. The molecule has 1 aromatic heterocycles. The number of alkyl halides is 1. The van der Waals surface area contributed by atoms with Crippen molar-refractivity contribution in [2.75, 3.05) is 0 Å². The van der Waals surface area contributed by atoms with Gasteiger partial charge in [-0.15, -0.1) is 0 Å². The SMILES string of the molecule is C=CN=C(N)c1ccc(-n2cnc3cc(CCC(C)(F)CCC)ccc32)cc1.CC=O. The number of nitrogens with two attached hydrogens (primary N) is 1. The Morgan fingerprint density at radius 2 is 1.94 bits per heavy atom. The lowest BCUT2D eigenvalue weighted by molar-refractivity contribution is -0.106. The van der Waals surface area contributed by atoms with Crippen molar-refractivity contribution in [1.82, 2.24) is 9.55 Å². The first-order chi connectivity index (χ1) is 14.8. The molecule has 0 spiro atoms. The van der Waals surface area contributed by atoms with Crippen LogP contribution in [0.5, 0.6) is 0 Å². The quantitative estimate of drug-likeness (QED) is 0.294. The number of halogens is 1. The zero-order valence-corrected chi connectivity index (χ0v) is 18.5. The number of fused-ring (bicyclic) bond motifs is 1. The minimum Gasteiger partial charge on any atom is -0.383 e. The minimum atomic E-state index is -1.11. The Bertz CT molecular complexity index is 1040. The van der Waals surface area contributed by atoms with Gasteiger partial charge in [0.05, 0.1) is 11.0 Å². The van der Waals surface area contributed by atoms with E-state index in [-0.39, 0.29) is 0 Å². The summed E-state index contributed by atoms with van der Waals surface area (Å²) in [5, 5.41) is 0. The van der Waals surface area contributed by atoms with E-state index in [1.165, 1.54) is 13.1 Å². The average molecular weight is 423 g/mol. The van der Waals surface area contributed by atoms with E-state index < -0.39 is 5.67 Å². The highest BCUT2D eigenvalue weighted by molar-refractivity contribution is 5.98. The van der Waals surface area contributed by atoms with Gasteiger partial charge in [-0.05, 0) is 75.1 Å². The van der Waals surface area contributed by atoms with Gasteiger partial charge in [0.15, 0.2) is 0 Å². The van der Waals surface area contributed by atoms with E-state index in [0.29, 0.717) is 25.1 Å². The second-order valence-electron chi connectivity index (χ2n) is 7.58. The second-order valence-corrected chi connectivity index (χ2v) is 7.58. The summed E-state index contributed by atoms with van der Waals surface area (Å²) in [6.07, 6.45) is 6.69. The van der Waals surface area contributed by atoms with Gasteiger partial charge in [0.25, 0.3) is 0 Å². The molecular formula is C25H31FN4O. The largest absolute Gasteiger partial charge is 0.383 e. The minimum absolute atomic E-state index is 0.435. The first kappa shape index (κ1) is 24.0. The summed E-state index contributed by atoms with van der Waals surface area (Å²) in [4.78, 5) is 17.3. The van der Waals surface area contributed by atoms with Crippen LogP contribution < -0.4 is 5.73 Å². The van der Waals surface area contributed by atoms with E-state index in [4.69, 9.17) is 10.5 Å². The highest BCUT2D eigenvalue weighted by atomic mass is 19.1. The Hall–Kier alpha value is -3.28. The van der Waals surface area contributed by atoms with Crippen LogP contribution in [0.25, 0.3) is 16.7 Å². The normalized spacial score (nSPS) is 13.2. The van der Waals surface area contributed by atoms with Crippen molar-refractivity contribution in [3.8, 4) is 5.69 Å². The third kappa shape index (κ3) is 6.60. The molecule has 1 heterocycles. The van der Waals surface area contributed by atoms with E-state index in [0.717, 1.165) is 40.6 Å². The number of carbonyl (C=O) groups is 1. The van der Waals surface area contributed by atoms with Crippen LogP contribution >= 0.6 is 0 Å². The third-order valence-corrected chi connectivity index (χ3v) is 4.99. The van der Waals surface area contributed by atoms with Crippen LogP contribution in [0.2, 0.25) is 0 Å². The summed E-state index contributed by atoms with van der Waals surface area (Å²) in [6, 6.07) is 14.0. The molecule has 3 rings (SSSR count). The predicted molar refractivity (Wildman–Crippen MR) is 126 cm³/mol. The molecular weight excluding hydrogens is 391 g/mol. The van der Waals surface area contributed by atoms with Gasteiger partial charge >= 0.3 is 0 Å². The van der Waals surface area contributed by atoms with Gasteiger partial charge in [-0.3, -0.25) is 4.57 Å². The number of carbonyl (C=O) groups excluding carboxylic acids is 1. The highest BCUT2D eigenvalue weighted by Crippen LogP contribution is 2.26. The molecule has 1 unspecified atom stereocenters. The number of imidazole rings is 1. The fourth-order valence-electron chi connectivity index (χ4n) is 3.44. The zero-order valence-electron chi connectivity index (χ0n) is 18.5. The molecule has 0 fully saturated rings. The molecule has 5 nitrogen and oxygen atoms in total. The number of benzene rings is 2. The van der Waals surface area contributed by atoms with Crippen LogP contribution in [-0.4, -0.2) is 27.3 Å². The molecule has 0 bridgehead atoms. The van der Waals surface area contributed by atoms with Crippen LogP contribution in [0, 0.1) is 0 Å². The fourth-order valence-corrected chi connectivity index (χ4v) is 3.44. The number of nitrogens with zero attached hydrogens (tertiary/aromatic N) is 3. The molecule has 164 valence electrons. The summed E-state index contributed by atoms with van der Waals surface area (Å²) < 4.78 is 16.4. The zero-order chi connectivity index (χ0) is 22.9. The highest BCUT2D eigenvalue weighted by Gasteiger charge is 2.21. The lowest BCUT2D eigenvalue weighted by Gasteiger charge is -2.19. The maximum Gasteiger partial charge on any atom is 0.130 e. The van der Waals surface area contributed by atoms with Crippen LogP contribution in [0.4, 0.5) is 4.39 Å². The number of aryl methyl sites for hydroxylation is 1. The molecule has 0 amide bonds. The van der Waals surface area contributed by atoms with Gasteiger partial charge < -0.3 is 10.5 Å². The first-order valence-electron chi connectivity index (χ1n) is 10.4. The monoisotopic (exact) mass is 422 g/mol. The van der Waals surface area contributed by atoms with Crippen molar-refractivity contribution in [1.29, 1.82) is 0 Å². The van der Waals surface area contributed by atoms with Gasteiger partial charge in [0, 0.05) is 17.5 Å². The Kier molecular flexibility index (Phi) is 8.67. The van der Waals surface area contributed by atoms with Gasteiger partial charge in [0.2, 0.25) is 0 Å². The molecule has 1 atom stereocenters. The summed E-state index contributed by atoms with van der Waals surface area (Å²) in [5.74, 6) is 0.435. The molecule has 2 N–H and O–H groups in total. The lowest BCUT2D eigenvalue weighted by atomic mass is 9.94. The maximum absolute atomic E-state index is 14.4. The molecule has 3 aromatic rings. The molecule has 6 heteroatoms. The molecule has 0 aliphatic carbocycles. The standard InChI is InChI=1S/C23H27FN4.C2H4O/c1-4-13-23(3,24)14-12-17-6-11-21-20(15-17)27-16-28(21)19-9-7-18(8-10-19)22(25)26-5-2;1-2-3/h5-11,15-16H,2,4,12-14H2,1,3H3,(H2,25,26);2H,1H3. The number of aromatic nitrogens is 2. The van der Waals surface area contributed by atoms with E-state index in [2.05, 4.69) is 34.8 Å². The van der Waals surface area contributed by atoms with Crippen molar-refractivity contribution in [3.05, 3.63) is 72.7 Å².